The standard InChI is InChI=1S/C15H18N4OS/c1-10-4-3-5-11(8-10)14-17-18-15(19(14)2)21-9-13(20)16-12-6-7-12/h3-5,8,12H,6-7,9H2,1-2H3,(H,16,20). The Morgan fingerprint density at radius 3 is 2.95 bits per heavy atom. The minimum atomic E-state index is 0.0719. The minimum absolute atomic E-state index is 0.0719. The van der Waals surface area contributed by atoms with Crippen LogP contribution in [0.2, 0.25) is 0 Å². The molecule has 0 bridgehead atoms. The van der Waals surface area contributed by atoms with Gasteiger partial charge in [-0.1, -0.05) is 35.5 Å². The quantitative estimate of drug-likeness (QED) is 0.860. The van der Waals surface area contributed by atoms with Crippen LogP contribution in [0.15, 0.2) is 29.4 Å². The van der Waals surface area contributed by atoms with E-state index in [1.165, 1.54) is 17.3 Å². The van der Waals surface area contributed by atoms with Crippen molar-refractivity contribution in [3.8, 4) is 11.4 Å². The molecule has 6 heteroatoms. The number of amides is 1. The highest BCUT2D eigenvalue weighted by Crippen LogP contribution is 2.24. The molecule has 3 rings (SSSR count). The van der Waals surface area contributed by atoms with Crippen molar-refractivity contribution in [1.29, 1.82) is 0 Å². The second kappa shape index (κ2) is 5.89. The normalized spacial score (nSPS) is 14.2. The lowest BCUT2D eigenvalue weighted by molar-refractivity contribution is -0.118. The molecule has 1 aliphatic carbocycles. The van der Waals surface area contributed by atoms with Gasteiger partial charge in [-0.15, -0.1) is 10.2 Å². The van der Waals surface area contributed by atoms with Crippen molar-refractivity contribution in [1.82, 2.24) is 20.1 Å². The number of nitrogens with one attached hydrogen (secondary N) is 1. The van der Waals surface area contributed by atoms with E-state index in [0.717, 1.165) is 29.4 Å². The number of hydrogen-bond acceptors (Lipinski definition) is 4. The van der Waals surface area contributed by atoms with Gasteiger partial charge in [0.15, 0.2) is 11.0 Å². The number of carbonyl (C=O) groups is 1. The van der Waals surface area contributed by atoms with Crippen LogP contribution in [0.3, 0.4) is 0 Å². The van der Waals surface area contributed by atoms with Crippen LogP contribution in [0.25, 0.3) is 11.4 Å². The van der Waals surface area contributed by atoms with Gasteiger partial charge >= 0.3 is 0 Å². The highest BCUT2D eigenvalue weighted by molar-refractivity contribution is 7.99. The Hall–Kier alpha value is -1.82. The molecular formula is C15H18N4OS. The average molecular weight is 302 g/mol. The molecule has 2 aromatic rings. The smallest absolute Gasteiger partial charge is 0.230 e. The number of hydrogen-bond donors (Lipinski definition) is 1. The maximum Gasteiger partial charge on any atom is 0.230 e. The fourth-order valence-electron chi connectivity index (χ4n) is 2.10. The summed E-state index contributed by atoms with van der Waals surface area (Å²) in [7, 11) is 1.93. The Labute approximate surface area is 128 Å². The lowest BCUT2D eigenvalue weighted by Crippen LogP contribution is -2.27. The molecule has 0 unspecified atom stereocenters. The first kappa shape index (κ1) is 14.1. The third kappa shape index (κ3) is 3.44. The Kier molecular flexibility index (Phi) is 3.96. The van der Waals surface area contributed by atoms with Gasteiger partial charge in [0.2, 0.25) is 5.91 Å². The first-order valence-electron chi connectivity index (χ1n) is 7.02. The number of benzene rings is 1. The van der Waals surface area contributed by atoms with E-state index in [0.29, 0.717) is 11.8 Å². The summed E-state index contributed by atoms with van der Waals surface area (Å²) in [6.45, 7) is 2.05. The third-order valence-electron chi connectivity index (χ3n) is 3.39. The van der Waals surface area contributed by atoms with Crippen molar-refractivity contribution in [3.63, 3.8) is 0 Å². The molecular weight excluding hydrogens is 284 g/mol. The average Bonchev–Trinajstić information content (AvgIpc) is 3.18. The van der Waals surface area contributed by atoms with Crippen LogP contribution in [-0.2, 0) is 11.8 Å². The van der Waals surface area contributed by atoms with E-state index >= 15 is 0 Å². The van der Waals surface area contributed by atoms with E-state index < -0.39 is 0 Å². The van der Waals surface area contributed by atoms with Crippen LogP contribution in [-0.4, -0.2) is 32.5 Å². The zero-order chi connectivity index (χ0) is 14.8. The number of aryl methyl sites for hydroxylation is 1. The van der Waals surface area contributed by atoms with Crippen LogP contribution >= 0.6 is 11.8 Å². The number of thioether (sulfide) groups is 1. The maximum atomic E-state index is 11.7. The summed E-state index contributed by atoms with van der Waals surface area (Å²) in [6, 6.07) is 8.57. The van der Waals surface area contributed by atoms with E-state index in [4.69, 9.17) is 0 Å². The van der Waals surface area contributed by atoms with Crippen molar-refractivity contribution in [2.24, 2.45) is 7.05 Å². The molecule has 0 atom stereocenters. The number of aromatic nitrogens is 3. The molecule has 1 saturated carbocycles. The molecule has 0 aliphatic heterocycles. The number of nitrogens with zero attached hydrogens (tertiary/aromatic N) is 3. The summed E-state index contributed by atoms with van der Waals surface area (Å²) in [5, 5.41) is 12.2. The molecule has 1 fully saturated rings. The fraction of sp³-hybridized carbons (Fsp3) is 0.400. The van der Waals surface area contributed by atoms with Crippen LogP contribution in [0.5, 0.6) is 0 Å². The SMILES string of the molecule is Cc1cccc(-c2nnc(SCC(=O)NC3CC3)n2C)c1. The maximum absolute atomic E-state index is 11.7. The Bertz CT molecular complexity index is 663. The van der Waals surface area contributed by atoms with Gasteiger partial charge in [0.25, 0.3) is 0 Å². The predicted molar refractivity (Wildman–Crippen MR) is 83.1 cm³/mol. The Balaban J connectivity index is 1.68. The van der Waals surface area contributed by atoms with Crippen molar-refractivity contribution in [3.05, 3.63) is 29.8 Å². The van der Waals surface area contributed by atoms with E-state index in [9.17, 15) is 4.79 Å². The van der Waals surface area contributed by atoms with Crippen molar-refractivity contribution in [2.45, 2.75) is 31.0 Å². The second-order valence-corrected chi connectivity index (χ2v) is 6.31. The van der Waals surface area contributed by atoms with Gasteiger partial charge < -0.3 is 9.88 Å². The molecule has 21 heavy (non-hydrogen) atoms. The third-order valence-corrected chi connectivity index (χ3v) is 4.41. The molecule has 1 aromatic heterocycles. The van der Waals surface area contributed by atoms with E-state index in [1.54, 1.807) is 0 Å². The van der Waals surface area contributed by atoms with Crippen LogP contribution < -0.4 is 5.32 Å². The van der Waals surface area contributed by atoms with Crippen LogP contribution in [0, 0.1) is 6.92 Å². The van der Waals surface area contributed by atoms with Crippen LogP contribution in [0.1, 0.15) is 18.4 Å². The molecule has 0 spiro atoms. The highest BCUT2D eigenvalue weighted by atomic mass is 32.2. The molecule has 5 nitrogen and oxygen atoms in total. The number of rotatable bonds is 5. The Morgan fingerprint density at radius 2 is 2.24 bits per heavy atom. The first-order chi connectivity index (χ1) is 10.1. The first-order valence-corrected chi connectivity index (χ1v) is 8.00. The van der Waals surface area contributed by atoms with Crippen molar-refractivity contribution < 1.29 is 4.79 Å². The zero-order valence-electron chi connectivity index (χ0n) is 12.2. The second-order valence-electron chi connectivity index (χ2n) is 5.37. The summed E-state index contributed by atoms with van der Waals surface area (Å²) in [5.74, 6) is 1.28. The summed E-state index contributed by atoms with van der Waals surface area (Å²) >= 11 is 1.42. The monoisotopic (exact) mass is 302 g/mol. The van der Waals surface area contributed by atoms with Gasteiger partial charge in [-0.2, -0.15) is 0 Å². The molecule has 1 N–H and O–H groups in total. The van der Waals surface area contributed by atoms with Gasteiger partial charge in [0.1, 0.15) is 0 Å². The van der Waals surface area contributed by atoms with Gasteiger partial charge in [-0.3, -0.25) is 4.79 Å². The largest absolute Gasteiger partial charge is 0.353 e. The van der Waals surface area contributed by atoms with E-state index in [1.807, 2.05) is 23.7 Å². The van der Waals surface area contributed by atoms with E-state index in [-0.39, 0.29) is 5.91 Å². The minimum Gasteiger partial charge on any atom is -0.353 e. The lowest BCUT2D eigenvalue weighted by Gasteiger charge is -2.05. The Morgan fingerprint density at radius 1 is 1.43 bits per heavy atom. The predicted octanol–water partition coefficient (Wildman–Crippen LogP) is 2.16. The van der Waals surface area contributed by atoms with E-state index in [2.05, 4.69) is 34.6 Å². The van der Waals surface area contributed by atoms with Crippen LogP contribution in [0.4, 0.5) is 0 Å². The molecule has 1 aliphatic rings. The van der Waals surface area contributed by atoms with Gasteiger partial charge in [-0.25, -0.2) is 0 Å². The number of carbonyl (C=O) groups excluding carboxylic acids is 1. The molecule has 1 heterocycles. The van der Waals surface area contributed by atoms with Gasteiger partial charge in [0, 0.05) is 18.7 Å². The summed E-state index contributed by atoms with van der Waals surface area (Å²) in [6.07, 6.45) is 2.22. The molecule has 1 amide bonds. The van der Waals surface area contributed by atoms with Gasteiger partial charge in [0.05, 0.1) is 5.75 Å². The topological polar surface area (TPSA) is 59.8 Å². The fourth-order valence-corrected chi connectivity index (χ4v) is 2.83. The molecule has 0 radical (unpaired) electrons. The highest BCUT2D eigenvalue weighted by Gasteiger charge is 2.23. The van der Waals surface area contributed by atoms with Gasteiger partial charge in [-0.05, 0) is 25.8 Å². The summed E-state index contributed by atoms with van der Waals surface area (Å²) in [4.78, 5) is 11.7. The molecule has 0 saturated heterocycles. The zero-order valence-corrected chi connectivity index (χ0v) is 13.0. The van der Waals surface area contributed by atoms with Crippen molar-refractivity contribution >= 4 is 17.7 Å². The summed E-state index contributed by atoms with van der Waals surface area (Å²) in [5.41, 5.74) is 2.23. The lowest BCUT2D eigenvalue weighted by atomic mass is 10.1. The van der Waals surface area contributed by atoms with Crippen molar-refractivity contribution in [2.75, 3.05) is 5.75 Å². The molecule has 1 aromatic carbocycles. The summed E-state index contributed by atoms with van der Waals surface area (Å²) < 4.78 is 1.93. The molecule has 110 valence electrons.